The van der Waals surface area contributed by atoms with Gasteiger partial charge >= 0.3 is 5.97 Å². The van der Waals surface area contributed by atoms with Crippen molar-refractivity contribution in [3.8, 4) is 17.6 Å². The van der Waals surface area contributed by atoms with Crippen LogP contribution in [0.3, 0.4) is 0 Å². The molecule has 8 nitrogen and oxygen atoms in total. The van der Waals surface area contributed by atoms with Crippen LogP contribution in [0.15, 0.2) is 24.3 Å². The molecule has 1 aliphatic carbocycles. The maximum Gasteiger partial charge on any atom is 0.308 e. The Labute approximate surface area is 234 Å². The fourth-order valence-corrected chi connectivity index (χ4v) is 4.83. The minimum absolute atomic E-state index is 0.0647. The maximum absolute atomic E-state index is 13.4. The number of esters is 1. The van der Waals surface area contributed by atoms with Crippen LogP contribution in [0.25, 0.3) is 0 Å². The van der Waals surface area contributed by atoms with Crippen LogP contribution in [-0.2, 0) is 20.8 Å². The Kier molecular flexibility index (Phi) is 10.9. The largest absolute Gasteiger partial charge is 0.492 e. The van der Waals surface area contributed by atoms with E-state index in [0.717, 1.165) is 25.7 Å². The number of amides is 1. The topological polar surface area (TPSA) is 91.7 Å². The summed E-state index contributed by atoms with van der Waals surface area (Å²) in [5, 5.41) is 3.81. The standard InChI is InChI=1S/C28H35Cl2N3O5/c1-28(2,18-36-3)14-13-23-24(25(34)31-17-19-5-7-20(8-6-19)26(35)37-4)33(27(30)32-23)15-16-38-22-11-9-21(29)10-12-22/h9-12,19-20H,5-8,15-18H2,1-4H3,(H,31,34). The normalized spacial score (nSPS) is 17.3. The summed E-state index contributed by atoms with van der Waals surface area (Å²) in [5.74, 6) is 6.59. The summed E-state index contributed by atoms with van der Waals surface area (Å²) in [7, 11) is 3.04. The number of ether oxygens (including phenoxy) is 3. The number of rotatable bonds is 10. The summed E-state index contributed by atoms with van der Waals surface area (Å²) in [6, 6.07) is 7.03. The first-order valence-electron chi connectivity index (χ1n) is 12.7. The van der Waals surface area contributed by atoms with Crippen molar-refractivity contribution >= 4 is 35.1 Å². The van der Waals surface area contributed by atoms with Crippen molar-refractivity contribution in [3.63, 3.8) is 0 Å². The molecule has 1 saturated carbocycles. The second kappa shape index (κ2) is 13.9. The molecule has 206 valence electrons. The molecule has 1 aliphatic rings. The summed E-state index contributed by atoms with van der Waals surface area (Å²) in [5.41, 5.74) is 0.158. The second-order valence-corrected chi connectivity index (χ2v) is 10.8. The van der Waals surface area contributed by atoms with E-state index >= 15 is 0 Å². The molecule has 0 atom stereocenters. The van der Waals surface area contributed by atoms with Crippen LogP contribution < -0.4 is 10.1 Å². The maximum atomic E-state index is 13.4. The molecule has 1 heterocycles. The number of carbonyl (C=O) groups excluding carboxylic acids is 2. The third-order valence-corrected chi connectivity index (χ3v) is 7.03. The van der Waals surface area contributed by atoms with E-state index in [1.54, 1.807) is 35.9 Å². The van der Waals surface area contributed by atoms with Gasteiger partial charge in [-0.05, 0) is 87.2 Å². The number of methoxy groups -OCH3 is 2. The fourth-order valence-electron chi connectivity index (χ4n) is 4.45. The van der Waals surface area contributed by atoms with Crippen molar-refractivity contribution in [2.24, 2.45) is 17.3 Å². The van der Waals surface area contributed by atoms with Crippen molar-refractivity contribution < 1.29 is 23.8 Å². The van der Waals surface area contributed by atoms with Crippen LogP contribution in [0, 0.1) is 29.1 Å². The van der Waals surface area contributed by atoms with Gasteiger partial charge in [0.05, 0.1) is 26.2 Å². The van der Waals surface area contributed by atoms with Crippen LogP contribution in [0.2, 0.25) is 10.3 Å². The summed E-state index contributed by atoms with van der Waals surface area (Å²) >= 11 is 12.4. The fraction of sp³-hybridized carbons (Fsp3) is 0.536. The van der Waals surface area contributed by atoms with E-state index in [1.165, 1.54) is 7.11 Å². The average Bonchev–Trinajstić information content (AvgIpc) is 3.22. The van der Waals surface area contributed by atoms with Gasteiger partial charge in [0.2, 0.25) is 5.28 Å². The van der Waals surface area contributed by atoms with Gasteiger partial charge in [0, 0.05) is 24.1 Å². The monoisotopic (exact) mass is 563 g/mol. The van der Waals surface area contributed by atoms with Crippen LogP contribution in [-0.4, -0.2) is 55.4 Å². The van der Waals surface area contributed by atoms with Gasteiger partial charge in [-0.1, -0.05) is 17.5 Å². The molecule has 2 aromatic rings. The van der Waals surface area contributed by atoms with Gasteiger partial charge in [-0.25, -0.2) is 4.98 Å². The van der Waals surface area contributed by atoms with Crippen molar-refractivity contribution in [3.05, 3.63) is 46.0 Å². The van der Waals surface area contributed by atoms with Crippen molar-refractivity contribution in [1.82, 2.24) is 14.9 Å². The number of aromatic nitrogens is 2. The number of nitrogens with zero attached hydrogens (tertiary/aromatic N) is 2. The molecule has 1 amide bonds. The Balaban J connectivity index is 1.74. The van der Waals surface area contributed by atoms with E-state index in [1.807, 2.05) is 13.8 Å². The van der Waals surface area contributed by atoms with Crippen LogP contribution in [0.5, 0.6) is 5.75 Å². The van der Waals surface area contributed by atoms with Gasteiger partial charge in [0.1, 0.15) is 23.7 Å². The van der Waals surface area contributed by atoms with Crippen LogP contribution in [0.4, 0.5) is 0 Å². The van der Waals surface area contributed by atoms with E-state index in [4.69, 9.17) is 37.4 Å². The zero-order chi connectivity index (χ0) is 27.7. The zero-order valence-electron chi connectivity index (χ0n) is 22.3. The molecule has 0 bridgehead atoms. The van der Waals surface area contributed by atoms with E-state index in [2.05, 4.69) is 22.1 Å². The number of benzene rings is 1. The Bertz CT molecular complexity index is 1160. The predicted molar refractivity (Wildman–Crippen MR) is 147 cm³/mol. The molecule has 0 aliphatic heterocycles. The molecule has 0 radical (unpaired) electrons. The molecule has 1 fully saturated rings. The van der Waals surface area contributed by atoms with E-state index in [0.29, 0.717) is 41.9 Å². The number of hydrogen-bond acceptors (Lipinski definition) is 6. The zero-order valence-corrected chi connectivity index (χ0v) is 23.8. The van der Waals surface area contributed by atoms with Crippen LogP contribution >= 0.6 is 23.2 Å². The van der Waals surface area contributed by atoms with E-state index in [-0.39, 0.29) is 35.6 Å². The SMILES string of the molecule is COCC(C)(C)C#Cc1nc(Cl)n(CCOc2ccc(Cl)cc2)c1C(=O)NCC1CCC(C(=O)OC)CC1. The average molecular weight is 565 g/mol. The minimum atomic E-state index is -0.436. The first-order chi connectivity index (χ1) is 18.1. The third kappa shape index (κ3) is 8.39. The van der Waals surface area contributed by atoms with Gasteiger partial charge in [-0.15, -0.1) is 0 Å². The molecule has 1 N–H and O–H groups in total. The Morgan fingerprint density at radius 1 is 1.13 bits per heavy atom. The summed E-state index contributed by atoms with van der Waals surface area (Å²) in [4.78, 5) is 29.6. The summed E-state index contributed by atoms with van der Waals surface area (Å²) in [6.45, 7) is 5.37. The molecule has 1 aromatic carbocycles. The number of nitrogens with one attached hydrogen (secondary N) is 1. The minimum Gasteiger partial charge on any atom is -0.492 e. The molecular formula is C28H35Cl2N3O5. The molecule has 38 heavy (non-hydrogen) atoms. The first-order valence-corrected chi connectivity index (χ1v) is 13.4. The lowest BCUT2D eigenvalue weighted by Gasteiger charge is -2.27. The first kappa shape index (κ1) is 29.8. The smallest absolute Gasteiger partial charge is 0.308 e. The molecule has 3 rings (SSSR count). The lowest BCUT2D eigenvalue weighted by molar-refractivity contribution is -0.146. The van der Waals surface area contributed by atoms with Crippen molar-refractivity contribution in [1.29, 1.82) is 0 Å². The van der Waals surface area contributed by atoms with Crippen molar-refractivity contribution in [2.45, 2.75) is 46.1 Å². The highest BCUT2D eigenvalue weighted by Gasteiger charge is 2.28. The number of imidazole rings is 1. The molecule has 0 saturated heterocycles. The predicted octanol–water partition coefficient (Wildman–Crippen LogP) is 5.00. The molecule has 0 spiro atoms. The molecular weight excluding hydrogens is 529 g/mol. The van der Waals surface area contributed by atoms with E-state index < -0.39 is 5.41 Å². The number of halogens is 2. The van der Waals surface area contributed by atoms with Gasteiger partial charge < -0.3 is 24.1 Å². The van der Waals surface area contributed by atoms with Gasteiger partial charge in [0.15, 0.2) is 0 Å². The highest BCUT2D eigenvalue weighted by atomic mass is 35.5. The van der Waals surface area contributed by atoms with Gasteiger partial charge in [0.25, 0.3) is 5.91 Å². The Morgan fingerprint density at radius 2 is 1.82 bits per heavy atom. The third-order valence-electron chi connectivity index (χ3n) is 6.49. The summed E-state index contributed by atoms with van der Waals surface area (Å²) in [6.07, 6.45) is 3.19. The van der Waals surface area contributed by atoms with Crippen molar-refractivity contribution in [2.75, 3.05) is 34.0 Å². The molecule has 1 aromatic heterocycles. The van der Waals surface area contributed by atoms with Gasteiger partial charge in [-0.3, -0.25) is 9.59 Å². The Morgan fingerprint density at radius 3 is 2.45 bits per heavy atom. The van der Waals surface area contributed by atoms with E-state index in [9.17, 15) is 9.59 Å². The lowest BCUT2D eigenvalue weighted by atomic mass is 9.82. The van der Waals surface area contributed by atoms with Crippen LogP contribution in [0.1, 0.15) is 55.7 Å². The Hall–Kier alpha value is -2.73. The molecule has 0 unspecified atom stereocenters. The highest BCUT2D eigenvalue weighted by Crippen LogP contribution is 2.29. The second-order valence-electron chi connectivity index (χ2n) is 10.0. The molecule has 10 heteroatoms. The number of hydrogen-bond donors (Lipinski definition) is 1. The highest BCUT2D eigenvalue weighted by molar-refractivity contribution is 6.30. The lowest BCUT2D eigenvalue weighted by Crippen LogP contribution is -2.34. The quantitative estimate of drug-likeness (QED) is 0.323. The summed E-state index contributed by atoms with van der Waals surface area (Å²) < 4.78 is 17.6. The van der Waals surface area contributed by atoms with Gasteiger partial charge in [-0.2, -0.15) is 0 Å². The number of carbonyl (C=O) groups is 2.